The third kappa shape index (κ3) is 5.96. The second kappa shape index (κ2) is 9.62. The largest absolute Gasteiger partial charge is 0.355 e. The van der Waals surface area contributed by atoms with Crippen LogP contribution >= 0.6 is 0 Å². The van der Waals surface area contributed by atoms with E-state index in [0.29, 0.717) is 6.54 Å². The van der Waals surface area contributed by atoms with Gasteiger partial charge < -0.3 is 9.84 Å². The van der Waals surface area contributed by atoms with Crippen LogP contribution in [0.3, 0.4) is 0 Å². The highest BCUT2D eigenvalue weighted by molar-refractivity contribution is 7.90. The Labute approximate surface area is 174 Å². The van der Waals surface area contributed by atoms with Crippen molar-refractivity contribution in [2.45, 2.75) is 36.3 Å². The molecular formula is C21H22FN3O4S. The summed E-state index contributed by atoms with van der Waals surface area (Å²) in [5.74, 6) is -0.786. The quantitative estimate of drug-likeness (QED) is 0.523. The summed E-state index contributed by atoms with van der Waals surface area (Å²) in [5, 5.41) is 6.53. The fourth-order valence-corrected chi connectivity index (χ4v) is 4.00. The number of hydrogen-bond acceptors (Lipinski definition) is 6. The lowest BCUT2D eigenvalue weighted by atomic mass is 10.0. The van der Waals surface area contributed by atoms with Crippen LogP contribution < -0.4 is 5.32 Å². The van der Waals surface area contributed by atoms with Crippen LogP contribution in [0.1, 0.15) is 36.5 Å². The maximum atomic E-state index is 13.0. The number of halogens is 1. The molecule has 30 heavy (non-hydrogen) atoms. The molecule has 0 fully saturated rings. The molecule has 0 saturated heterocycles. The molecule has 0 spiro atoms. The van der Waals surface area contributed by atoms with E-state index in [4.69, 9.17) is 4.52 Å². The maximum absolute atomic E-state index is 13.0. The van der Waals surface area contributed by atoms with Crippen molar-refractivity contribution < 1.29 is 22.1 Å². The lowest BCUT2D eigenvalue weighted by Gasteiger charge is -2.12. The molecule has 2 aromatic carbocycles. The lowest BCUT2D eigenvalue weighted by molar-refractivity contribution is -0.121. The highest BCUT2D eigenvalue weighted by Crippen LogP contribution is 2.16. The molecule has 0 bridgehead atoms. The molecule has 1 aromatic heterocycles. The Hall–Kier alpha value is -3.07. The summed E-state index contributed by atoms with van der Waals surface area (Å²) < 4.78 is 42.7. The van der Waals surface area contributed by atoms with Crippen molar-refractivity contribution >= 4 is 15.7 Å². The number of rotatable bonds is 9. The molecule has 1 atom stereocenters. The predicted octanol–water partition coefficient (Wildman–Crippen LogP) is 3.04. The van der Waals surface area contributed by atoms with Gasteiger partial charge in [0.2, 0.25) is 11.8 Å². The zero-order chi connectivity index (χ0) is 21.6. The number of carbonyl (C=O) groups excluding carboxylic acids is 1. The monoisotopic (exact) mass is 431 g/mol. The van der Waals surface area contributed by atoms with Gasteiger partial charge in [-0.15, -0.1) is 0 Å². The maximum Gasteiger partial charge on any atom is 0.227 e. The SMILES string of the molecule is C[C@@H](CNC(=O)CCc1nc(CS(=O)(=O)c2ccc(F)cc2)no1)c1ccccc1. The first-order chi connectivity index (χ1) is 14.3. The van der Waals surface area contributed by atoms with E-state index >= 15 is 0 Å². The molecule has 7 nitrogen and oxygen atoms in total. The van der Waals surface area contributed by atoms with E-state index in [-0.39, 0.29) is 41.3 Å². The smallest absolute Gasteiger partial charge is 0.227 e. The molecule has 1 heterocycles. The van der Waals surface area contributed by atoms with Crippen molar-refractivity contribution in [3.63, 3.8) is 0 Å². The summed E-state index contributed by atoms with van der Waals surface area (Å²) in [6.07, 6.45) is 0.350. The van der Waals surface area contributed by atoms with Crippen LogP contribution in [0.15, 0.2) is 64.0 Å². The van der Waals surface area contributed by atoms with Gasteiger partial charge in [0.05, 0.1) is 4.90 Å². The van der Waals surface area contributed by atoms with Crippen molar-refractivity contribution in [3.8, 4) is 0 Å². The average molecular weight is 431 g/mol. The fourth-order valence-electron chi connectivity index (χ4n) is 2.82. The predicted molar refractivity (Wildman–Crippen MR) is 108 cm³/mol. The Kier molecular flexibility index (Phi) is 6.94. The Morgan fingerprint density at radius 1 is 1.13 bits per heavy atom. The molecule has 0 aliphatic carbocycles. The van der Waals surface area contributed by atoms with Crippen molar-refractivity contribution in [1.82, 2.24) is 15.5 Å². The first-order valence-corrected chi connectivity index (χ1v) is 11.1. The van der Waals surface area contributed by atoms with E-state index < -0.39 is 21.4 Å². The number of aromatic nitrogens is 2. The Morgan fingerprint density at radius 2 is 1.83 bits per heavy atom. The highest BCUT2D eigenvalue weighted by atomic mass is 32.2. The molecule has 0 saturated carbocycles. The first kappa shape index (κ1) is 21.6. The highest BCUT2D eigenvalue weighted by Gasteiger charge is 2.20. The van der Waals surface area contributed by atoms with Crippen LogP contribution in [0.2, 0.25) is 0 Å². The summed E-state index contributed by atoms with van der Waals surface area (Å²) in [6.45, 7) is 2.54. The van der Waals surface area contributed by atoms with E-state index in [2.05, 4.69) is 15.5 Å². The van der Waals surface area contributed by atoms with Crippen LogP contribution in [-0.4, -0.2) is 31.0 Å². The van der Waals surface area contributed by atoms with Gasteiger partial charge in [0, 0.05) is 19.4 Å². The van der Waals surface area contributed by atoms with Crippen molar-refractivity contribution in [2.24, 2.45) is 0 Å². The van der Waals surface area contributed by atoms with Gasteiger partial charge in [0.1, 0.15) is 11.6 Å². The molecular weight excluding hydrogens is 409 g/mol. The van der Waals surface area contributed by atoms with Gasteiger partial charge in [-0.1, -0.05) is 42.4 Å². The molecule has 0 radical (unpaired) electrons. The van der Waals surface area contributed by atoms with Crippen molar-refractivity contribution in [2.75, 3.05) is 6.54 Å². The number of benzene rings is 2. The molecule has 1 N–H and O–H groups in total. The summed E-state index contributed by atoms with van der Waals surface area (Å²) in [7, 11) is -3.72. The van der Waals surface area contributed by atoms with E-state index in [1.54, 1.807) is 0 Å². The average Bonchev–Trinajstić information content (AvgIpc) is 3.18. The first-order valence-electron chi connectivity index (χ1n) is 9.45. The van der Waals surface area contributed by atoms with Crippen LogP contribution in [0.4, 0.5) is 4.39 Å². The number of aryl methyl sites for hydroxylation is 1. The van der Waals surface area contributed by atoms with Gasteiger partial charge in [0.25, 0.3) is 0 Å². The third-order valence-electron chi connectivity index (χ3n) is 4.54. The lowest BCUT2D eigenvalue weighted by Crippen LogP contribution is -2.27. The molecule has 0 unspecified atom stereocenters. The van der Waals surface area contributed by atoms with E-state index in [0.717, 1.165) is 17.7 Å². The van der Waals surface area contributed by atoms with Gasteiger partial charge in [-0.3, -0.25) is 4.79 Å². The zero-order valence-electron chi connectivity index (χ0n) is 16.4. The van der Waals surface area contributed by atoms with E-state index in [1.165, 1.54) is 12.1 Å². The van der Waals surface area contributed by atoms with Crippen LogP contribution in [0, 0.1) is 5.82 Å². The van der Waals surface area contributed by atoms with Crippen LogP contribution in [-0.2, 0) is 26.8 Å². The van der Waals surface area contributed by atoms with Gasteiger partial charge in [-0.2, -0.15) is 4.98 Å². The number of sulfone groups is 1. The normalized spacial score (nSPS) is 12.5. The minimum Gasteiger partial charge on any atom is -0.355 e. The van der Waals surface area contributed by atoms with Gasteiger partial charge >= 0.3 is 0 Å². The Bertz CT molecular complexity index is 1080. The summed E-state index contributed by atoms with van der Waals surface area (Å²) in [6, 6.07) is 14.4. The fraction of sp³-hybridized carbons (Fsp3) is 0.286. The van der Waals surface area contributed by atoms with E-state index in [9.17, 15) is 17.6 Å². The number of nitrogens with zero attached hydrogens (tertiary/aromatic N) is 2. The summed E-state index contributed by atoms with van der Waals surface area (Å²) >= 11 is 0. The molecule has 0 aliphatic rings. The minimum atomic E-state index is -3.72. The summed E-state index contributed by atoms with van der Waals surface area (Å²) in [4.78, 5) is 16.1. The minimum absolute atomic E-state index is 0.00701. The Balaban J connectivity index is 1.48. The zero-order valence-corrected chi connectivity index (χ0v) is 17.2. The van der Waals surface area contributed by atoms with Crippen molar-refractivity contribution in [1.29, 1.82) is 0 Å². The Morgan fingerprint density at radius 3 is 2.53 bits per heavy atom. The molecule has 158 valence electrons. The van der Waals surface area contributed by atoms with Gasteiger partial charge in [-0.05, 0) is 35.7 Å². The number of nitrogens with one attached hydrogen (secondary N) is 1. The third-order valence-corrected chi connectivity index (χ3v) is 6.17. The second-order valence-electron chi connectivity index (χ2n) is 6.93. The van der Waals surface area contributed by atoms with Crippen LogP contribution in [0.5, 0.6) is 0 Å². The number of amides is 1. The topological polar surface area (TPSA) is 102 Å². The molecule has 3 rings (SSSR count). The number of carbonyl (C=O) groups is 1. The number of hydrogen-bond donors (Lipinski definition) is 1. The standard InChI is InChI=1S/C21H22FN3O4S/c1-15(16-5-3-2-4-6-16)13-23-20(26)11-12-21-24-19(25-29-21)14-30(27,28)18-9-7-17(22)8-10-18/h2-10,15H,11-14H2,1H3,(H,23,26)/t15-/m0/s1. The molecule has 9 heteroatoms. The van der Waals surface area contributed by atoms with Gasteiger partial charge in [0.15, 0.2) is 15.7 Å². The molecule has 1 amide bonds. The van der Waals surface area contributed by atoms with Gasteiger partial charge in [-0.25, -0.2) is 12.8 Å². The van der Waals surface area contributed by atoms with Crippen molar-refractivity contribution in [3.05, 3.63) is 77.7 Å². The second-order valence-corrected chi connectivity index (χ2v) is 8.92. The summed E-state index contributed by atoms with van der Waals surface area (Å²) in [5.41, 5.74) is 1.14. The molecule has 0 aliphatic heterocycles. The molecule has 3 aromatic rings. The van der Waals surface area contributed by atoms with Crippen LogP contribution in [0.25, 0.3) is 0 Å². The van der Waals surface area contributed by atoms with E-state index in [1.807, 2.05) is 37.3 Å².